The number of fused-ring (bicyclic) bond motifs is 1. The molecule has 162 valence electrons. The van der Waals surface area contributed by atoms with Crippen molar-refractivity contribution < 1.29 is 23.8 Å². The van der Waals surface area contributed by atoms with E-state index in [2.05, 4.69) is 9.88 Å². The summed E-state index contributed by atoms with van der Waals surface area (Å²) >= 11 is 0. The van der Waals surface area contributed by atoms with E-state index in [0.717, 1.165) is 24.1 Å². The predicted octanol–water partition coefficient (Wildman–Crippen LogP) is 2.94. The highest BCUT2D eigenvalue weighted by Gasteiger charge is 2.22. The Morgan fingerprint density at radius 3 is 2.74 bits per heavy atom. The number of aromatic nitrogens is 1. The van der Waals surface area contributed by atoms with Crippen molar-refractivity contribution in [3.63, 3.8) is 0 Å². The first-order chi connectivity index (χ1) is 15.0. The Labute approximate surface area is 180 Å². The number of hydrogen-bond donors (Lipinski definition) is 1. The van der Waals surface area contributed by atoms with E-state index in [-0.39, 0.29) is 24.2 Å². The van der Waals surface area contributed by atoms with Gasteiger partial charge in [-0.1, -0.05) is 18.2 Å². The lowest BCUT2D eigenvalue weighted by Gasteiger charge is -2.21. The molecule has 1 saturated heterocycles. The van der Waals surface area contributed by atoms with Crippen LogP contribution in [0.25, 0.3) is 10.9 Å². The monoisotopic (exact) mass is 423 g/mol. The second-order valence-corrected chi connectivity index (χ2v) is 7.62. The molecule has 2 aromatic heterocycles. The number of amides is 1. The molecule has 0 radical (unpaired) electrons. The molecule has 0 saturated carbocycles. The van der Waals surface area contributed by atoms with Crippen molar-refractivity contribution >= 4 is 22.8 Å². The summed E-state index contributed by atoms with van der Waals surface area (Å²) in [6.07, 6.45) is 0.839. The standard InChI is InChI=1S/C23H25N3O5/c1-16(27)30-15-19-8-7-18(31-19)14-25-10-3-11-26(13-12-25)23(29)20-9-6-17-4-2-5-21(28)22(17)24-20/h2,4-9,28H,3,10-15H2,1H3. The summed E-state index contributed by atoms with van der Waals surface area (Å²) in [6, 6.07) is 12.4. The van der Waals surface area contributed by atoms with E-state index >= 15 is 0 Å². The number of furan rings is 1. The van der Waals surface area contributed by atoms with Crippen molar-refractivity contribution in [1.82, 2.24) is 14.8 Å². The molecule has 31 heavy (non-hydrogen) atoms. The first-order valence-electron chi connectivity index (χ1n) is 10.3. The highest BCUT2D eigenvalue weighted by molar-refractivity contribution is 5.96. The molecule has 0 bridgehead atoms. The van der Waals surface area contributed by atoms with E-state index in [0.29, 0.717) is 43.1 Å². The molecular formula is C23H25N3O5. The van der Waals surface area contributed by atoms with Crippen LogP contribution < -0.4 is 0 Å². The van der Waals surface area contributed by atoms with Gasteiger partial charge in [-0.15, -0.1) is 0 Å². The second-order valence-electron chi connectivity index (χ2n) is 7.62. The van der Waals surface area contributed by atoms with E-state index in [4.69, 9.17) is 9.15 Å². The fraction of sp³-hybridized carbons (Fsp3) is 0.348. The van der Waals surface area contributed by atoms with Crippen LogP contribution in [0, 0.1) is 0 Å². The van der Waals surface area contributed by atoms with E-state index < -0.39 is 0 Å². The lowest BCUT2D eigenvalue weighted by Crippen LogP contribution is -2.35. The fourth-order valence-corrected chi connectivity index (χ4v) is 3.72. The average Bonchev–Trinajstić information content (AvgIpc) is 3.08. The Balaban J connectivity index is 1.37. The zero-order valence-electron chi connectivity index (χ0n) is 17.4. The van der Waals surface area contributed by atoms with Gasteiger partial charge in [-0.25, -0.2) is 4.98 Å². The van der Waals surface area contributed by atoms with Gasteiger partial charge in [0.25, 0.3) is 5.91 Å². The predicted molar refractivity (Wildman–Crippen MR) is 113 cm³/mol. The third-order valence-electron chi connectivity index (χ3n) is 5.31. The number of phenolic OH excluding ortho intramolecular Hbond substituents is 1. The van der Waals surface area contributed by atoms with Gasteiger partial charge in [0.15, 0.2) is 0 Å². The normalized spacial score (nSPS) is 15.1. The maximum absolute atomic E-state index is 13.0. The Hall–Kier alpha value is -3.39. The molecule has 8 heteroatoms. The number of rotatable bonds is 5. The zero-order chi connectivity index (χ0) is 21.8. The molecule has 3 aromatic rings. The van der Waals surface area contributed by atoms with Gasteiger partial charge in [-0.05, 0) is 30.7 Å². The summed E-state index contributed by atoms with van der Waals surface area (Å²) in [4.78, 5) is 32.4. The third-order valence-corrected chi connectivity index (χ3v) is 5.31. The summed E-state index contributed by atoms with van der Waals surface area (Å²) < 4.78 is 10.7. The number of para-hydroxylation sites is 1. The summed E-state index contributed by atoms with van der Waals surface area (Å²) in [5.74, 6) is 1.01. The maximum Gasteiger partial charge on any atom is 0.303 e. The smallest absolute Gasteiger partial charge is 0.303 e. The van der Waals surface area contributed by atoms with Crippen LogP contribution in [-0.4, -0.2) is 57.9 Å². The third kappa shape index (κ3) is 5.03. The number of phenols is 1. The number of aromatic hydroxyl groups is 1. The molecule has 1 N–H and O–H groups in total. The minimum Gasteiger partial charge on any atom is -0.506 e. The summed E-state index contributed by atoms with van der Waals surface area (Å²) in [7, 11) is 0. The van der Waals surface area contributed by atoms with E-state index in [9.17, 15) is 14.7 Å². The highest BCUT2D eigenvalue weighted by Crippen LogP contribution is 2.23. The topological polar surface area (TPSA) is 96.1 Å². The van der Waals surface area contributed by atoms with Gasteiger partial charge < -0.3 is 19.2 Å². The number of nitrogens with zero attached hydrogens (tertiary/aromatic N) is 3. The molecular weight excluding hydrogens is 398 g/mol. The minimum absolute atomic E-state index is 0.0701. The molecule has 3 heterocycles. The molecule has 8 nitrogen and oxygen atoms in total. The largest absolute Gasteiger partial charge is 0.506 e. The van der Waals surface area contributed by atoms with E-state index in [1.165, 1.54) is 6.92 Å². The van der Waals surface area contributed by atoms with Gasteiger partial charge in [0.05, 0.1) is 6.54 Å². The molecule has 1 aliphatic rings. The van der Waals surface area contributed by atoms with Crippen LogP contribution in [0.4, 0.5) is 0 Å². The first kappa shape index (κ1) is 20.9. The minimum atomic E-state index is -0.341. The molecule has 0 spiro atoms. The number of benzene rings is 1. The summed E-state index contributed by atoms with van der Waals surface area (Å²) in [5, 5.41) is 10.8. The van der Waals surface area contributed by atoms with Crippen LogP contribution in [0.5, 0.6) is 5.75 Å². The van der Waals surface area contributed by atoms with Gasteiger partial charge in [0.1, 0.15) is 35.1 Å². The Morgan fingerprint density at radius 2 is 1.90 bits per heavy atom. The van der Waals surface area contributed by atoms with Crippen LogP contribution in [0.2, 0.25) is 0 Å². The van der Waals surface area contributed by atoms with Crippen molar-refractivity contribution in [2.75, 3.05) is 26.2 Å². The number of esters is 1. The number of hydrogen-bond acceptors (Lipinski definition) is 7. The van der Waals surface area contributed by atoms with Gasteiger partial charge in [0, 0.05) is 38.5 Å². The molecule has 1 aliphatic heterocycles. The Morgan fingerprint density at radius 1 is 1.06 bits per heavy atom. The molecule has 1 aromatic carbocycles. The fourth-order valence-electron chi connectivity index (χ4n) is 3.72. The van der Waals surface area contributed by atoms with Crippen molar-refractivity contribution in [3.8, 4) is 5.75 Å². The lowest BCUT2D eigenvalue weighted by molar-refractivity contribution is -0.142. The van der Waals surface area contributed by atoms with Crippen LogP contribution in [0.3, 0.4) is 0 Å². The van der Waals surface area contributed by atoms with Crippen LogP contribution in [-0.2, 0) is 22.7 Å². The van der Waals surface area contributed by atoms with Crippen LogP contribution >= 0.6 is 0 Å². The first-order valence-corrected chi connectivity index (χ1v) is 10.3. The molecule has 1 amide bonds. The SMILES string of the molecule is CC(=O)OCc1ccc(CN2CCCN(C(=O)c3ccc4cccc(O)c4n3)CC2)o1. The second kappa shape index (κ2) is 9.18. The van der Waals surface area contributed by atoms with Crippen molar-refractivity contribution in [2.24, 2.45) is 0 Å². The van der Waals surface area contributed by atoms with Gasteiger partial charge in [-0.2, -0.15) is 0 Å². The van der Waals surface area contributed by atoms with Crippen LogP contribution in [0.1, 0.15) is 35.4 Å². The lowest BCUT2D eigenvalue weighted by atomic mass is 10.2. The van der Waals surface area contributed by atoms with Crippen molar-refractivity contribution in [2.45, 2.75) is 26.5 Å². The maximum atomic E-state index is 13.0. The molecule has 1 fully saturated rings. The molecule has 0 atom stereocenters. The Kier molecular flexibility index (Phi) is 6.18. The number of ether oxygens (including phenoxy) is 1. The van der Waals surface area contributed by atoms with Gasteiger partial charge in [-0.3, -0.25) is 14.5 Å². The number of carbonyl (C=O) groups is 2. The number of pyridine rings is 1. The van der Waals surface area contributed by atoms with E-state index in [1.54, 1.807) is 18.2 Å². The highest BCUT2D eigenvalue weighted by atomic mass is 16.5. The Bertz CT molecular complexity index is 1090. The van der Waals surface area contributed by atoms with E-state index in [1.807, 2.05) is 29.2 Å². The van der Waals surface area contributed by atoms with Crippen molar-refractivity contribution in [1.29, 1.82) is 0 Å². The van der Waals surface area contributed by atoms with Crippen LogP contribution in [0.15, 0.2) is 46.9 Å². The van der Waals surface area contributed by atoms with Gasteiger partial charge in [0.2, 0.25) is 0 Å². The quantitative estimate of drug-likeness (QED) is 0.630. The van der Waals surface area contributed by atoms with Crippen molar-refractivity contribution in [3.05, 3.63) is 59.7 Å². The molecule has 0 unspecified atom stereocenters. The molecule has 0 aliphatic carbocycles. The summed E-state index contributed by atoms with van der Waals surface area (Å²) in [5.41, 5.74) is 0.774. The van der Waals surface area contributed by atoms with Gasteiger partial charge >= 0.3 is 5.97 Å². The summed E-state index contributed by atoms with van der Waals surface area (Å²) in [6.45, 7) is 4.91. The average molecular weight is 423 g/mol. The molecule has 4 rings (SSSR count). The zero-order valence-corrected chi connectivity index (χ0v) is 17.4. The number of carbonyl (C=O) groups excluding carboxylic acids is 2.